The fourth-order valence-electron chi connectivity index (χ4n) is 1.21. The molecule has 0 bridgehead atoms. The largest absolute Gasteiger partial charge is 0.455 e. The van der Waals surface area contributed by atoms with Crippen molar-refractivity contribution in [1.29, 1.82) is 0 Å². The molecule has 100 valence electrons. The molecule has 0 saturated carbocycles. The van der Waals surface area contributed by atoms with E-state index in [1.54, 1.807) is 24.4 Å². The highest BCUT2D eigenvalue weighted by Crippen LogP contribution is 2.34. The van der Waals surface area contributed by atoms with Gasteiger partial charge in [-0.25, -0.2) is 0 Å². The van der Waals surface area contributed by atoms with Crippen molar-refractivity contribution in [2.45, 2.75) is 19.0 Å². The molecule has 1 amide bonds. The first-order chi connectivity index (χ1) is 8.15. The van der Waals surface area contributed by atoms with E-state index in [1.165, 1.54) is 12.1 Å². The van der Waals surface area contributed by atoms with Crippen LogP contribution in [0.25, 0.3) is 0 Å². The Morgan fingerprint density at radius 2 is 1.72 bits per heavy atom. The molecule has 1 rings (SSSR count). The van der Waals surface area contributed by atoms with Gasteiger partial charge in [-0.15, -0.1) is 0 Å². The lowest BCUT2D eigenvalue weighted by Crippen LogP contribution is -2.46. The molecular formula is C11H10F5NO. The molecule has 0 aliphatic carbocycles. The molecule has 0 aliphatic heterocycles. The summed E-state index contributed by atoms with van der Waals surface area (Å²) in [5.74, 6) is -5.90. The van der Waals surface area contributed by atoms with Crippen LogP contribution >= 0.6 is 0 Å². The van der Waals surface area contributed by atoms with E-state index in [2.05, 4.69) is 0 Å². The first-order valence-electron chi connectivity index (χ1n) is 4.93. The van der Waals surface area contributed by atoms with E-state index in [0.29, 0.717) is 5.56 Å². The Labute approximate surface area is 99.8 Å². The van der Waals surface area contributed by atoms with Gasteiger partial charge in [0.2, 0.25) is 0 Å². The molecule has 0 unspecified atom stereocenters. The SMILES string of the molecule is Cc1ccccc1C(=O)NCC(F)(F)C(F)(F)F. The van der Waals surface area contributed by atoms with E-state index >= 15 is 0 Å². The van der Waals surface area contributed by atoms with Gasteiger partial charge in [0.1, 0.15) is 0 Å². The number of amides is 1. The molecule has 18 heavy (non-hydrogen) atoms. The second-order valence-corrected chi connectivity index (χ2v) is 3.70. The topological polar surface area (TPSA) is 29.1 Å². The average Bonchev–Trinajstić information content (AvgIpc) is 2.25. The van der Waals surface area contributed by atoms with Crippen LogP contribution in [0.5, 0.6) is 0 Å². The summed E-state index contributed by atoms with van der Waals surface area (Å²) in [5.41, 5.74) is 0.556. The van der Waals surface area contributed by atoms with Crippen LogP contribution < -0.4 is 5.32 Å². The molecule has 0 saturated heterocycles. The van der Waals surface area contributed by atoms with Gasteiger partial charge >= 0.3 is 12.1 Å². The van der Waals surface area contributed by atoms with Gasteiger partial charge in [0, 0.05) is 5.56 Å². The minimum Gasteiger partial charge on any atom is -0.346 e. The maximum atomic E-state index is 12.6. The number of aryl methyl sites for hydroxylation is 1. The van der Waals surface area contributed by atoms with Gasteiger partial charge in [-0.2, -0.15) is 22.0 Å². The molecule has 0 radical (unpaired) electrons. The van der Waals surface area contributed by atoms with E-state index in [-0.39, 0.29) is 5.56 Å². The van der Waals surface area contributed by atoms with Crippen molar-refractivity contribution in [3.63, 3.8) is 0 Å². The van der Waals surface area contributed by atoms with Crippen LogP contribution in [0.2, 0.25) is 0 Å². The Balaban J connectivity index is 2.71. The highest BCUT2D eigenvalue weighted by molar-refractivity contribution is 5.95. The molecule has 7 heteroatoms. The molecule has 0 aromatic heterocycles. The second-order valence-electron chi connectivity index (χ2n) is 3.70. The predicted octanol–water partition coefficient (Wildman–Crippen LogP) is 2.92. The monoisotopic (exact) mass is 267 g/mol. The van der Waals surface area contributed by atoms with Crippen molar-refractivity contribution in [2.24, 2.45) is 0 Å². The fraction of sp³-hybridized carbons (Fsp3) is 0.364. The van der Waals surface area contributed by atoms with Gasteiger partial charge < -0.3 is 5.32 Å². The van der Waals surface area contributed by atoms with Crippen LogP contribution in [0, 0.1) is 6.92 Å². The van der Waals surface area contributed by atoms with Crippen molar-refractivity contribution in [3.05, 3.63) is 35.4 Å². The molecule has 1 N–H and O–H groups in total. The third-order valence-corrected chi connectivity index (χ3v) is 2.28. The normalized spacial score (nSPS) is 12.3. The molecule has 1 aromatic rings. The highest BCUT2D eigenvalue weighted by atomic mass is 19.4. The van der Waals surface area contributed by atoms with Crippen molar-refractivity contribution in [3.8, 4) is 0 Å². The van der Waals surface area contributed by atoms with Crippen LogP contribution in [0.1, 0.15) is 15.9 Å². The number of carbonyl (C=O) groups is 1. The Kier molecular flexibility index (Phi) is 3.93. The van der Waals surface area contributed by atoms with Crippen molar-refractivity contribution >= 4 is 5.91 Å². The molecule has 0 aliphatic rings. The Morgan fingerprint density at radius 1 is 1.17 bits per heavy atom. The number of hydrogen-bond donors (Lipinski definition) is 1. The first-order valence-corrected chi connectivity index (χ1v) is 4.93. The number of nitrogens with one attached hydrogen (secondary N) is 1. The third-order valence-electron chi connectivity index (χ3n) is 2.28. The maximum absolute atomic E-state index is 12.6. The molecule has 0 heterocycles. The lowest BCUT2D eigenvalue weighted by Gasteiger charge is -2.20. The van der Waals surface area contributed by atoms with Crippen LogP contribution in [0.3, 0.4) is 0 Å². The lowest BCUT2D eigenvalue weighted by atomic mass is 10.1. The standard InChI is InChI=1S/C11H10F5NO/c1-7-4-2-3-5-8(7)9(18)17-6-10(12,13)11(14,15)16/h2-5H,6H2,1H3,(H,17,18). The summed E-state index contributed by atoms with van der Waals surface area (Å²) >= 11 is 0. The van der Waals surface area contributed by atoms with E-state index in [9.17, 15) is 26.7 Å². The number of carbonyl (C=O) groups excluding carboxylic acids is 1. The van der Waals surface area contributed by atoms with Gasteiger partial charge in [0.25, 0.3) is 5.91 Å². The van der Waals surface area contributed by atoms with Crippen LogP contribution in [-0.4, -0.2) is 24.6 Å². The van der Waals surface area contributed by atoms with Gasteiger partial charge in [-0.1, -0.05) is 18.2 Å². The molecule has 0 spiro atoms. The number of alkyl halides is 5. The molecule has 0 atom stereocenters. The summed E-state index contributed by atoms with van der Waals surface area (Å²) in [6.45, 7) is -0.222. The number of halogens is 5. The predicted molar refractivity (Wildman–Crippen MR) is 54.5 cm³/mol. The lowest BCUT2D eigenvalue weighted by molar-refractivity contribution is -0.278. The molecule has 0 fully saturated rings. The Morgan fingerprint density at radius 3 is 2.22 bits per heavy atom. The van der Waals surface area contributed by atoms with Crippen LogP contribution in [0.15, 0.2) is 24.3 Å². The number of hydrogen-bond acceptors (Lipinski definition) is 1. The summed E-state index contributed by atoms with van der Waals surface area (Å²) in [6.07, 6.45) is -5.67. The van der Waals surface area contributed by atoms with Gasteiger partial charge in [0.15, 0.2) is 0 Å². The zero-order valence-electron chi connectivity index (χ0n) is 9.31. The zero-order chi connectivity index (χ0) is 14.0. The van der Waals surface area contributed by atoms with E-state index < -0.39 is 24.6 Å². The third kappa shape index (κ3) is 3.18. The van der Waals surface area contributed by atoms with Gasteiger partial charge in [-0.3, -0.25) is 4.79 Å². The highest BCUT2D eigenvalue weighted by Gasteiger charge is 2.57. The van der Waals surface area contributed by atoms with Crippen LogP contribution in [0.4, 0.5) is 22.0 Å². The van der Waals surface area contributed by atoms with Crippen molar-refractivity contribution < 1.29 is 26.7 Å². The van der Waals surface area contributed by atoms with E-state index in [0.717, 1.165) is 0 Å². The first kappa shape index (κ1) is 14.4. The van der Waals surface area contributed by atoms with Crippen molar-refractivity contribution in [1.82, 2.24) is 5.32 Å². The maximum Gasteiger partial charge on any atom is 0.455 e. The van der Waals surface area contributed by atoms with Crippen molar-refractivity contribution in [2.75, 3.05) is 6.54 Å². The van der Waals surface area contributed by atoms with Gasteiger partial charge in [-0.05, 0) is 18.6 Å². The summed E-state index contributed by atoms with van der Waals surface area (Å²) < 4.78 is 60.7. The van der Waals surface area contributed by atoms with Gasteiger partial charge in [0.05, 0.1) is 6.54 Å². The minimum atomic E-state index is -5.67. The summed E-state index contributed by atoms with van der Waals surface area (Å²) in [5, 5.41) is 1.58. The molecular weight excluding hydrogens is 257 g/mol. The second kappa shape index (κ2) is 4.91. The summed E-state index contributed by atoms with van der Waals surface area (Å²) in [6, 6.07) is 6.01. The zero-order valence-corrected chi connectivity index (χ0v) is 9.31. The molecule has 2 nitrogen and oxygen atoms in total. The fourth-order valence-corrected chi connectivity index (χ4v) is 1.21. The summed E-state index contributed by atoms with van der Waals surface area (Å²) in [4.78, 5) is 11.4. The van der Waals surface area contributed by atoms with Crippen LogP contribution in [-0.2, 0) is 0 Å². The Hall–Kier alpha value is -1.66. The minimum absolute atomic E-state index is 0.0653. The average molecular weight is 267 g/mol. The van der Waals surface area contributed by atoms with E-state index in [1.807, 2.05) is 0 Å². The quantitative estimate of drug-likeness (QED) is 0.838. The van der Waals surface area contributed by atoms with E-state index in [4.69, 9.17) is 0 Å². The smallest absolute Gasteiger partial charge is 0.346 e. The number of rotatable bonds is 3. The summed E-state index contributed by atoms with van der Waals surface area (Å²) in [7, 11) is 0. The Bertz CT molecular complexity index is 441. The number of benzene rings is 1. The molecule has 1 aromatic carbocycles.